The molecule has 0 bridgehead atoms. The van der Waals surface area contributed by atoms with Gasteiger partial charge in [0, 0.05) is 40.0 Å². The molecule has 0 radical (unpaired) electrons. The van der Waals surface area contributed by atoms with E-state index in [4.69, 9.17) is 4.42 Å². The highest BCUT2D eigenvalue weighted by Crippen LogP contribution is 2.32. The molecule has 0 saturated heterocycles. The lowest BCUT2D eigenvalue weighted by atomic mass is 10.1. The van der Waals surface area contributed by atoms with E-state index in [9.17, 15) is 4.79 Å². The maximum Gasteiger partial charge on any atom is 0.345 e. The van der Waals surface area contributed by atoms with Gasteiger partial charge in [0.2, 0.25) is 0 Å². The summed E-state index contributed by atoms with van der Waals surface area (Å²) in [6, 6.07) is 12.4. The zero-order valence-corrected chi connectivity index (χ0v) is 20.3. The summed E-state index contributed by atoms with van der Waals surface area (Å²) in [5, 5.41) is 0.978. The molecular formula is C28H35NO2S. The highest BCUT2D eigenvalue weighted by atomic mass is 32.1. The van der Waals surface area contributed by atoms with Crippen LogP contribution in [0, 0.1) is 5.92 Å². The molecule has 4 rings (SSSR count). The number of unbranched alkanes of at least 4 members (excludes halogenated alkanes) is 2. The van der Waals surface area contributed by atoms with E-state index in [2.05, 4.69) is 49.1 Å². The highest BCUT2D eigenvalue weighted by molar-refractivity contribution is 7.16. The predicted molar refractivity (Wildman–Crippen MR) is 139 cm³/mol. The SMILES string of the molecule is CCCCN(CCCC)c1ccc2cc(-c3ccc(C=CC4CCCC4)s3)c(=O)oc2c1. The first-order valence-corrected chi connectivity index (χ1v) is 13.1. The maximum absolute atomic E-state index is 12.8. The van der Waals surface area contributed by atoms with Gasteiger partial charge >= 0.3 is 5.63 Å². The Bertz CT molecular complexity index is 1100. The van der Waals surface area contributed by atoms with Crippen molar-refractivity contribution in [1.82, 2.24) is 0 Å². The second-order valence-corrected chi connectivity index (χ2v) is 10.1. The van der Waals surface area contributed by atoms with E-state index < -0.39 is 0 Å². The summed E-state index contributed by atoms with van der Waals surface area (Å²) in [5.41, 5.74) is 2.22. The summed E-state index contributed by atoms with van der Waals surface area (Å²) in [5.74, 6) is 0.717. The number of hydrogen-bond donors (Lipinski definition) is 0. The molecule has 4 heteroatoms. The molecule has 0 unspecified atom stereocenters. The van der Waals surface area contributed by atoms with Gasteiger partial charge < -0.3 is 9.32 Å². The van der Waals surface area contributed by atoms with Crippen LogP contribution in [-0.4, -0.2) is 13.1 Å². The standard InChI is InChI=1S/C28H35NO2S/c1-3-5-17-29(18-6-4-2)23-13-12-22-19-25(28(30)31-26(22)20-23)27-16-15-24(32-27)14-11-21-9-7-8-10-21/h11-16,19-21H,3-10,17-18H2,1-2H3. The molecular weight excluding hydrogens is 414 g/mol. The van der Waals surface area contributed by atoms with Gasteiger partial charge in [0.15, 0.2) is 0 Å². The van der Waals surface area contributed by atoms with Gasteiger partial charge in [0.05, 0.1) is 5.56 Å². The van der Waals surface area contributed by atoms with Crippen LogP contribution < -0.4 is 10.5 Å². The Balaban J connectivity index is 1.57. The van der Waals surface area contributed by atoms with E-state index in [1.165, 1.54) is 56.2 Å². The lowest BCUT2D eigenvalue weighted by molar-refractivity contribution is 0.563. The number of anilines is 1. The molecule has 1 aliphatic rings. The van der Waals surface area contributed by atoms with Crippen LogP contribution in [0.15, 0.2) is 51.7 Å². The maximum atomic E-state index is 12.8. The minimum Gasteiger partial charge on any atom is -0.422 e. The number of nitrogens with zero attached hydrogens (tertiary/aromatic N) is 1. The number of thiophene rings is 1. The van der Waals surface area contributed by atoms with Gasteiger partial charge in [-0.1, -0.05) is 45.6 Å². The summed E-state index contributed by atoms with van der Waals surface area (Å²) >= 11 is 1.66. The fraction of sp³-hybridized carbons (Fsp3) is 0.464. The molecule has 0 aliphatic heterocycles. The summed E-state index contributed by atoms with van der Waals surface area (Å²) < 4.78 is 5.80. The van der Waals surface area contributed by atoms with Gasteiger partial charge in [-0.15, -0.1) is 11.3 Å². The van der Waals surface area contributed by atoms with Crippen molar-refractivity contribution in [2.75, 3.05) is 18.0 Å². The molecule has 3 aromatic rings. The van der Waals surface area contributed by atoms with Crippen molar-refractivity contribution in [3.8, 4) is 10.4 Å². The third-order valence-corrected chi connectivity index (χ3v) is 7.56. The zero-order valence-electron chi connectivity index (χ0n) is 19.4. The normalized spacial score (nSPS) is 14.7. The van der Waals surface area contributed by atoms with Crippen LogP contribution in [0.5, 0.6) is 0 Å². The smallest absolute Gasteiger partial charge is 0.345 e. The number of allylic oxidation sites excluding steroid dienone is 1. The van der Waals surface area contributed by atoms with Crippen LogP contribution in [0.2, 0.25) is 0 Å². The minimum absolute atomic E-state index is 0.253. The molecule has 1 aromatic carbocycles. The summed E-state index contributed by atoms with van der Waals surface area (Å²) in [4.78, 5) is 17.4. The van der Waals surface area contributed by atoms with Gasteiger partial charge in [-0.2, -0.15) is 0 Å². The number of benzene rings is 1. The average molecular weight is 450 g/mol. The van der Waals surface area contributed by atoms with Crippen molar-refractivity contribution in [1.29, 1.82) is 0 Å². The molecule has 0 N–H and O–H groups in total. The van der Waals surface area contributed by atoms with Crippen LogP contribution in [0.4, 0.5) is 5.69 Å². The summed E-state index contributed by atoms with van der Waals surface area (Å²) in [6.45, 7) is 6.52. The number of rotatable bonds is 10. The van der Waals surface area contributed by atoms with Gasteiger partial charge in [-0.05, 0) is 68.0 Å². The van der Waals surface area contributed by atoms with Gasteiger partial charge in [-0.25, -0.2) is 4.79 Å². The first-order chi connectivity index (χ1) is 15.7. The van der Waals surface area contributed by atoms with E-state index in [-0.39, 0.29) is 5.63 Å². The van der Waals surface area contributed by atoms with Gasteiger partial charge in [0.1, 0.15) is 5.58 Å². The molecule has 3 nitrogen and oxygen atoms in total. The van der Waals surface area contributed by atoms with Crippen molar-refractivity contribution in [3.63, 3.8) is 0 Å². The Morgan fingerprint density at radius 2 is 1.78 bits per heavy atom. The first kappa shape index (κ1) is 22.8. The number of hydrogen-bond acceptors (Lipinski definition) is 4. The van der Waals surface area contributed by atoms with Crippen molar-refractivity contribution >= 4 is 34.1 Å². The van der Waals surface area contributed by atoms with Crippen LogP contribution in [0.25, 0.3) is 27.5 Å². The van der Waals surface area contributed by atoms with E-state index >= 15 is 0 Å². The van der Waals surface area contributed by atoms with Crippen molar-refractivity contribution in [2.45, 2.75) is 65.2 Å². The predicted octanol–water partition coefficient (Wildman–Crippen LogP) is 8.13. The Labute approximate surface area is 195 Å². The minimum atomic E-state index is -0.253. The largest absolute Gasteiger partial charge is 0.422 e. The molecule has 170 valence electrons. The Morgan fingerprint density at radius 3 is 2.50 bits per heavy atom. The summed E-state index contributed by atoms with van der Waals surface area (Å²) in [7, 11) is 0. The fourth-order valence-electron chi connectivity index (χ4n) is 4.50. The van der Waals surface area contributed by atoms with Crippen molar-refractivity contribution < 1.29 is 4.42 Å². The molecule has 1 aliphatic carbocycles. The Morgan fingerprint density at radius 1 is 1.03 bits per heavy atom. The quantitative estimate of drug-likeness (QED) is 0.293. The molecule has 0 atom stereocenters. The lowest BCUT2D eigenvalue weighted by Crippen LogP contribution is -2.25. The third-order valence-electron chi connectivity index (χ3n) is 6.47. The molecule has 32 heavy (non-hydrogen) atoms. The lowest BCUT2D eigenvalue weighted by Gasteiger charge is -2.24. The Hall–Kier alpha value is -2.33. The van der Waals surface area contributed by atoms with Crippen LogP contribution in [0.3, 0.4) is 0 Å². The van der Waals surface area contributed by atoms with E-state index in [0.29, 0.717) is 11.1 Å². The molecule has 1 fully saturated rings. The van der Waals surface area contributed by atoms with E-state index in [0.717, 1.165) is 35.0 Å². The summed E-state index contributed by atoms with van der Waals surface area (Å²) in [6.07, 6.45) is 14.6. The zero-order chi connectivity index (χ0) is 22.3. The Kier molecular flexibility index (Phi) is 7.85. The molecule has 0 spiro atoms. The van der Waals surface area contributed by atoms with Crippen LogP contribution in [-0.2, 0) is 0 Å². The molecule has 0 amide bonds. The second-order valence-electron chi connectivity index (χ2n) is 8.97. The van der Waals surface area contributed by atoms with Crippen LogP contribution >= 0.6 is 11.3 Å². The van der Waals surface area contributed by atoms with E-state index in [1.807, 2.05) is 18.2 Å². The topological polar surface area (TPSA) is 33.5 Å². The molecule has 1 saturated carbocycles. The van der Waals surface area contributed by atoms with Gasteiger partial charge in [-0.3, -0.25) is 0 Å². The van der Waals surface area contributed by atoms with E-state index in [1.54, 1.807) is 11.3 Å². The average Bonchev–Trinajstić information content (AvgIpc) is 3.49. The third kappa shape index (κ3) is 5.53. The number of fused-ring (bicyclic) bond motifs is 1. The van der Waals surface area contributed by atoms with Crippen molar-refractivity contribution in [3.05, 3.63) is 57.8 Å². The van der Waals surface area contributed by atoms with Gasteiger partial charge in [0.25, 0.3) is 0 Å². The first-order valence-electron chi connectivity index (χ1n) is 12.3. The molecule has 2 heterocycles. The monoisotopic (exact) mass is 449 g/mol. The molecule has 2 aromatic heterocycles. The van der Waals surface area contributed by atoms with Crippen LogP contribution in [0.1, 0.15) is 70.1 Å². The fourth-order valence-corrected chi connectivity index (χ4v) is 5.43. The second kappa shape index (κ2) is 11.0. The van der Waals surface area contributed by atoms with Crippen molar-refractivity contribution in [2.24, 2.45) is 5.92 Å². The highest BCUT2D eigenvalue weighted by Gasteiger charge is 2.14.